The molecule has 1 aromatic carbocycles. The number of rotatable bonds is 2. The number of hydrogen-bond donors (Lipinski definition) is 2. The van der Waals surface area contributed by atoms with Crippen LogP contribution in [0.15, 0.2) is 12.1 Å². The molecule has 0 radical (unpaired) electrons. The summed E-state index contributed by atoms with van der Waals surface area (Å²) < 4.78 is 6.61. The maximum atomic E-state index is 12.3. The summed E-state index contributed by atoms with van der Waals surface area (Å²) in [6.07, 6.45) is 0.844. The Morgan fingerprint density at radius 3 is 3.14 bits per heavy atom. The van der Waals surface area contributed by atoms with E-state index in [-0.39, 0.29) is 18.7 Å². The highest BCUT2D eigenvalue weighted by atomic mass is 32.1. The lowest BCUT2D eigenvalue weighted by molar-refractivity contribution is 0.227. The molecular weight excluding hydrogens is 302 g/mol. The van der Waals surface area contributed by atoms with Crippen molar-refractivity contribution < 1.29 is 14.6 Å². The fourth-order valence-electron chi connectivity index (χ4n) is 3.17. The van der Waals surface area contributed by atoms with Crippen LogP contribution in [0, 0.1) is 0 Å². The lowest BCUT2D eigenvalue weighted by atomic mass is 9.97. The Morgan fingerprint density at radius 2 is 2.36 bits per heavy atom. The molecule has 116 valence electrons. The molecule has 4 rings (SSSR count). The number of fused-ring (bicyclic) bond motifs is 3. The standard InChI is InChI=1S/C15H17N3O3S/c1-15(2)11(7-19)18(13(20)17-15)14-16-12-8-5-6-21-9(8)3-4-10(12)22-14/h3-4,11,19H,5-7H2,1-2H3,(H,17,20). The van der Waals surface area contributed by atoms with E-state index in [1.165, 1.54) is 11.3 Å². The van der Waals surface area contributed by atoms with Gasteiger partial charge in [-0.2, -0.15) is 0 Å². The first-order valence-corrected chi connectivity index (χ1v) is 8.10. The second kappa shape index (κ2) is 4.57. The van der Waals surface area contributed by atoms with Gasteiger partial charge in [-0.1, -0.05) is 11.3 Å². The van der Waals surface area contributed by atoms with E-state index in [2.05, 4.69) is 10.3 Å². The van der Waals surface area contributed by atoms with Crippen molar-refractivity contribution >= 4 is 32.7 Å². The molecule has 1 saturated heterocycles. The Bertz CT molecular complexity index is 771. The molecule has 0 saturated carbocycles. The van der Waals surface area contributed by atoms with Crippen molar-refractivity contribution in [3.8, 4) is 5.75 Å². The number of carbonyl (C=O) groups excluding carboxylic acids is 1. The predicted molar refractivity (Wildman–Crippen MR) is 84.8 cm³/mol. The third-order valence-electron chi connectivity index (χ3n) is 4.39. The van der Waals surface area contributed by atoms with Gasteiger partial charge in [-0.3, -0.25) is 4.90 Å². The molecule has 0 bridgehead atoms. The summed E-state index contributed by atoms with van der Waals surface area (Å²) in [5.41, 5.74) is 1.53. The number of anilines is 1. The molecule has 2 aliphatic heterocycles. The predicted octanol–water partition coefficient (Wildman–Crippen LogP) is 1.90. The largest absolute Gasteiger partial charge is 0.493 e. The summed E-state index contributed by atoms with van der Waals surface area (Å²) >= 11 is 1.47. The third-order valence-corrected chi connectivity index (χ3v) is 5.41. The lowest BCUT2D eigenvalue weighted by Crippen LogP contribution is -2.47. The molecule has 2 amide bonds. The molecule has 0 aliphatic carbocycles. The van der Waals surface area contributed by atoms with Gasteiger partial charge < -0.3 is 15.2 Å². The lowest BCUT2D eigenvalue weighted by Gasteiger charge is -2.27. The second-order valence-corrected chi connectivity index (χ2v) is 7.21. The fraction of sp³-hybridized carbons (Fsp3) is 0.467. The van der Waals surface area contributed by atoms with Crippen LogP contribution >= 0.6 is 11.3 Å². The van der Waals surface area contributed by atoms with Crippen molar-refractivity contribution in [3.05, 3.63) is 17.7 Å². The highest BCUT2D eigenvalue weighted by Crippen LogP contribution is 2.39. The Kier molecular flexibility index (Phi) is 2.86. The average molecular weight is 319 g/mol. The summed E-state index contributed by atoms with van der Waals surface area (Å²) in [6.45, 7) is 4.38. The number of aromatic nitrogens is 1. The number of nitrogens with one attached hydrogen (secondary N) is 1. The minimum absolute atomic E-state index is 0.108. The van der Waals surface area contributed by atoms with E-state index in [0.717, 1.165) is 28.0 Å². The number of hydrogen-bond acceptors (Lipinski definition) is 5. The maximum absolute atomic E-state index is 12.3. The Labute approximate surface area is 131 Å². The molecule has 2 aromatic rings. The first-order valence-electron chi connectivity index (χ1n) is 7.29. The summed E-state index contributed by atoms with van der Waals surface area (Å²) in [6, 6.07) is 3.40. The van der Waals surface area contributed by atoms with E-state index in [4.69, 9.17) is 4.74 Å². The number of aliphatic hydroxyl groups is 1. The molecular formula is C15H17N3O3S. The number of amides is 2. The van der Waals surface area contributed by atoms with Gasteiger partial charge in [-0.25, -0.2) is 9.78 Å². The van der Waals surface area contributed by atoms with Crippen molar-refractivity contribution in [3.63, 3.8) is 0 Å². The minimum Gasteiger partial charge on any atom is -0.493 e. The molecule has 0 spiro atoms. The number of nitrogens with zero attached hydrogens (tertiary/aromatic N) is 2. The first-order chi connectivity index (χ1) is 10.5. The zero-order chi connectivity index (χ0) is 15.5. The van der Waals surface area contributed by atoms with Crippen molar-refractivity contribution in [1.82, 2.24) is 10.3 Å². The quantitative estimate of drug-likeness (QED) is 0.886. The van der Waals surface area contributed by atoms with E-state index in [1.807, 2.05) is 26.0 Å². The van der Waals surface area contributed by atoms with Crippen molar-refractivity contribution in [2.75, 3.05) is 18.1 Å². The summed E-state index contributed by atoms with van der Waals surface area (Å²) in [5.74, 6) is 0.884. The Balaban J connectivity index is 1.83. The maximum Gasteiger partial charge on any atom is 0.324 e. The molecule has 1 unspecified atom stereocenters. The molecule has 2 N–H and O–H groups in total. The van der Waals surface area contributed by atoms with E-state index >= 15 is 0 Å². The molecule has 1 aromatic heterocycles. The van der Waals surface area contributed by atoms with E-state index in [1.54, 1.807) is 4.90 Å². The van der Waals surface area contributed by atoms with E-state index < -0.39 is 5.54 Å². The average Bonchev–Trinajstić information content (AvgIpc) is 3.11. The fourth-order valence-corrected chi connectivity index (χ4v) is 4.22. The van der Waals surface area contributed by atoms with Gasteiger partial charge in [-0.05, 0) is 26.0 Å². The summed E-state index contributed by atoms with van der Waals surface area (Å²) in [7, 11) is 0. The Morgan fingerprint density at radius 1 is 1.55 bits per heavy atom. The van der Waals surface area contributed by atoms with Crippen LogP contribution in [0.2, 0.25) is 0 Å². The first kappa shape index (κ1) is 13.8. The number of ether oxygens (including phenoxy) is 1. The Hall–Kier alpha value is -1.86. The number of urea groups is 1. The summed E-state index contributed by atoms with van der Waals surface area (Å²) in [4.78, 5) is 18.6. The van der Waals surface area contributed by atoms with Gasteiger partial charge in [0, 0.05) is 12.0 Å². The van der Waals surface area contributed by atoms with Crippen LogP contribution in [0.4, 0.5) is 9.93 Å². The van der Waals surface area contributed by atoms with E-state index in [0.29, 0.717) is 11.7 Å². The van der Waals surface area contributed by atoms with Crippen LogP contribution in [-0.4, -0.2) is 40.9 Å². The zero-order valence-electron chi connectivity index (χ0n) is 12.4. The number of benzene rings is 1. The molecule has 22 heavy (non-hydrogen) atoms. The molecule has 7 heteroatoms. The van der Waals surface area contributed by atoms with Gasteiger partial charge in [0.25, 0.3) is 0 Å². The molecule has 3 heterocycles. The number of aliphatic hydroxyl groups excluding tert-OH is 1. The third kappa shape index (κ3) is 1.82. The second-order valence-electron chi connectivity index (χ2n) is 6.20. The molecule has 1 atom stereocenters. The van der Waals surface area contributed by atoms with Crippen LogP contribution in [0.25, 0.3) is 10.2 Å². The SMILES string of the molecule is CC1(C)NC(=O)N(c2nc3c4c(ccc3s2)OCC4)C1CO. The number of thiazole rings is 1. The van der Waals surface area contributed by atoms with Crippen LogP contribution in [0.3, 0.4) is 0 Å². The van der Waals surface area contributed by atoms with Crippen LogP contribution in [0.1, 0.15) is 19.4 Å². The normalized spacial score (nSPS) is 22.8. The van der Waals surface area contributed by atoms with Gasteiger partial charge in [-0.15, -0.1) is 0 Å². The zero-order valence-corrected chi connectivity index (χ0v) is 13.2. The minimum atomic E-state index is -0.491. The van der Waals surface area contributed by atoms with Crippen molar-refractivity contribution in [2.24, 2.45) is 0 Å². The molecule has 6 nitrogen and oxygen atoms in total. The highest BCUT2D eigenvalue weighted by molar-refractivity contribution is 7.22. The molecule has 2 aliphatic rings. The van der Waals surface area contributed by atoms with Crippen LogP contribution in [-0.2, 0) is 6.42 Å². The van der Waals surface area contributed by atoms with Gasteiger partial charge >= 0.3 is 6.03 Å². The van der Waals surface area contributed by atoms with Crippen LogP contribution < -0.4 is 15.0 Å². The van der Waals surface area contributed by atoms with Gasteiger partial charge in [0.2, 0.25) is 0 Å². The summed E-state index contributed by atoms with van der Waals surface area (Å²) in [5, 5.41) is 13.2. The smallest absolute Gasteiger partial charge is 0.324 e. The molecule has 1 fully saturated rings. The number of carbonyl (C=O) groups is 1. The van der Waals surface area contributed by atoms with Gasteiger partial charge in [0.05, 0.1) is 35.0 Å². The van der Waals surface area contributed by atoms with Crippen molar-refractivity contribution in [1.29, 1.82) is 0 Å². The van der Waals surface area contributed by atoms with Crippen molar-refractivity contribution in [2.45, 2.75) is 31.8 Å². The van der Waals surface area contributed by atoms with Gasteiger partial charge in [0.1, 0.15) is 5.75 Å². The van der Waals surface area contributed by atoms with Gasteiger partial charge in [0.15, 0.2) is 5.13 Å². The topological polar surface area (TPSA) is 74.7 Å². The monoisotopic (exact) mass is 319 g/mol. The van der Waals surface area contributed by atoms with E-state index in [9.17, 15) is 9.90 Å². The highest BCUT2D eigenvalue weighted by Gasteiger charge is 2.46. The van der Waals surface area contributed by atoms with Crippen LogP contribution in [0.5, 0.6) is 5.75 Å².